The summed E-state index contributed by atoms with van der Waals surface area (Å²) in [5.74, 6) is -3.26. The second kappa shape index (κ2) is 12.3. The number of ether oxygens (including phenoxy) is 1. The zero-order valence-corrected chi connectivity index (χ0v) is 26.9. The fourth-order valence-electron chi connectivity index (χ4n) is 7.53. The number of hydrogen-bond donors (Lipinski definition) is 3. The third-order valence-corrected chi connectivity index (χ3v) is 10.2. The smallest absolute Gasteiger partial charge is 0.253 e. The number of anilines is 2. The highest BCUT2D eigenvalue weighted by atomic mass is 19.3. The van der Waals surface area contributed by atoms with Crippen LogP contribution in [0.25, 0.3) is 11.1 Å². The van der Waals surface area contributed by atoms with Gasteiger partial charge in [-0.2, -0.15) is 0 Å². The van der Waals surface area contributed by atoms with Gasteiger partial charge in [0, 0.05) is 73.4 Å². The number of fused-ring (bicyclic) bond motifs is 2. The maximum atomic E-state index is 14.0. The van der Waals surface area contributed by atoms with Crippen LogP contribution in [0.1, 0.15) is 83.8 Å². The lowest BCUT2D eigenvalue weighted by Gasteiger charge is -2.37. The van der Waals surface area contributed by atoms with E-state index in [1.807, 2.05) is 51.1 Å². The summed E-state index contributed by atoms with van der Waals surface area (Å²) < 4.78 is 33.7. The number of hydrogen-bond acceptors (Lipinski definition) is 5. The Hall–Kier alpha value is -4.05. The quantitative estimate of drug-likeness (QED) is 0.284. The van der Waals surface area contributed by atoms with Crippen molar-refractivity contribution in [2.24, 2.45) is 0 Å². The molecular weight excluding hydrogens is 590 g/mol. The van der Waals surface area contributed by atoms with Crippen molar-refractivity contribution in [1.82, 2.24) is 10.3 Å². The molecule has 0 radical (unpaired) electrons. The van der Waals surface area contributed by atoms with Gasteiger partial charge in [-0.3, -0.25) is 14.4 Å². The lowest BCUT2D eigenvalue weighted by Crippen LogP contribution is -2.41. The van der Waals surface area contributed by atoms with E-state index in [1.54, 1.807) is 0 Å². The van der Waals surface area contributed by atoms with Crippen LogP contribution in [-0.4, -0.2) is 48.5 Å². The molecule has 2 fully saturated rings. The summed E-state index contributed by atoms with van der Waals surface area (Å²) in [6.45, 7) is 9.91. The summed E-state index contributed by atoms with van der Waals surface area (Å²) in [5, 5.41) is 5.95. The Morgan fingerprint density at radius 2 is 1.72 bits per heavy atom. The minimum atomic E-state index is -2.75. The third-order valence-electron chi connectivity index (χ3n) is 10.2. The van der Waals surface area contributed by atoms with E-state index in [0.29, 0.717) is 30.0 Å². The highest BCUT2D eigenvalue weighted by Gasteiger charge is 2.52. The van der Waals surface area contributed by atoms with Gasteiger partial charge in [-0.05, 0) is 105 Å². The molecule has 3 aromatic rings. The van der Waals surface area contributed by atoms with Crippen LogP contribution >= 0.6 is 0 Å². The molecule has 3 N–H and O–H groups in total. The molecule has 3 heterocycles. The molecule has 3 aliphatic rings. The molecule has 2 aliphatic heterocycles. The number of rotatable bonds is 7. The second-order valence-corrected chi connectivity index (χ2v) is 13.1. The van der Waals surface area contributed by atoms with Crippen molar-refractivity contribution in [2.75, 3.05) is 30.0 Å². The number of nitrogens with zero attached hydrogens (tertiary/aromatic N) is 1. The summed E-state index contributed by atoms with van der Waals surface area (Å²) in [7, 11) is 0. The molecule has 46 heavy (non-hydrogen) atoms. The minimum Gasteiger partial charge on any atom is -0.381 e. The molecule has 244 valence electrons. The molecule has 2 aromatic carbocycles. The van der Waals surface area contributed by atoms with Gasteiger partial charge in [0.2, 0.25) is 11.8 Å². The van der Waals surface area contributed by atoms with Gasteiger partial charge in [-0.25, -0.2) is 8.78 Å². The number of alkyl halides is 2. The van der Waals surface area contributed by atoms with Crippen LogP contribution in [0.3, 0.4) is 0 Å². The van der Waals surface area contributed by atoms with Crippen molar-refractivity contribution >= 4 is 23.2 Å². The van der Waals surface area contributed by atoms with E-state index in [2.05, 4.69) is 33.5 Å². The second-order valence-electron chi connectivity index (χ2n) is 13.1. The van der Waals surface area contributed by atoms with Gasteiger partial charge in [0.05, 0.1) is 5.41 Å². The molecule has 0 bridgehead atoms. The number of aromatic amines is 1. The number of amides is 2. The number of carbonyl (C=O) groups excluding carboxylic acids is 2. The molecule has 0 atom stereocenters. The highest BCUT2D eigenvalue weighted by molar-refractivity contribution is 6.07. The summed E-state index contributed by atoms with van der Waals surface area (Å²) >= 11 is 0. The predicted molar refractivity (Wildman–Crippen MR) is 175 cm³/mol. The Labute approximate surface area is 267 Å². The van der Waals surface area contributed by atoms with Crippen molar-refractivity contribution in [1.29, 1.82) is 0 Å². The van der Waals surface area contributed by atoms with E-state index in [0.717, 1.165) is 58.6 Å². The molecule has 10 heteroatoms. The summed E-state index contributed by atoms with van der Waals surface area (Å²) in [6, 6.07) is 11.8. The van der Waals surface area contributed by atoms with Crippen molar-refractivity contribution in [3.05, 3.63) is 80.3 Å². The first kappa shape index (κ1) is 31.9. The fraction of sp³-hybridized carbons (Fsp3) is 0.472. The van der Waals surface area contributed by atoms with E-state index < -0.39 is 11.3 Å². The molecule has 6 rings (SSSR count). The third kappa shape index (κ3) is 5.83. The van der Waals surface area contributed by atoms with Gasteiger partial charge in [-0.15, -0.1) is 0 Å². The molecule has 8 nitrogen and oxygen atoms in total. The van der Waals surface area contributed by atoms with E-state index >= 15 is 0 Å². The van der Waals surface area contributed by atoms with Gasteiger partial charge in [0.15, 0.2) is 0 Å². The first-order valence-electron chi connectivity index (χ1n) is 16.2. The summed E-state index contributed by atoms with van der Waals surface area (Å²) in [4.78, 5) is 44.9. The Bertz CT molecular complexity index is 1730. The largest absolute Gasteiger partial charge is 0.381 e. The average Bonchev–Trinajstić information content (AvgIpc) is 3.29. The normalized spacial score (nSPS) is 18.7. The zero-order valence-electron chi connectivity index (χ0n) is 26.9. The van der Waals surface area contributed by atoms with Gasteiger partial charge < -0.3 is 25.3 Å². The maximum Gasteiger partial charge on any atom is 0.253 e. The van der Waals surface area contributed by atoms with Crippen molar-refractivity contribution < 1.29 is 23.1 Å². The van der Waals surface area contributed by atoms with Crippen LogP contribution in [0.2, 0.25) is 0 Å². The van der Waals surface area contributed by atoms with Crippen molar-refractivity contribution in [2.45, 2.75) is 90.1 Å². The SMILES string of the molecule is CCN(c1cc(-c2ccc3c(c2)NC(=O)C32CCC(F)(F)CC2)cc(C(=O)NCc2c(C)cc(C)[nH]c2=O)c1C)C1CCOCC1. The summed E-state index contributed by atoms with van der Waals surface area (Å²) in [5.41, 5.74) is 6.19. The van der Waals surface area contributed by atoms with Crippen LogP contribution in [-0.2, 0) is 21.5 Å². The van der Waals surface area contributed by atoms with Crippen molar-refractivity contribution in [3.8, 4) is 11.1 Å². The molecule has 1 saturated heterocycles. The molecule has 1 aliphatic carbocycles. The van der Waals surface area contributed by atoms with Gasteiger partial charge in [-0.1, -0.05) is 12.1 Å². The van der Waals surface area contributed by atoms with Crippen LogP contribution in [0.15, 0.2) is 41.2 Å². The lowest BCUT2D eigenvalue weighted by molar-refractivity contribution is -0.125. The number of pyridine rings is 1. The molecule has 1 saturated carbocycles. The van der Waals surface area contributed by atoms with Crippen LogP contribution in [0, 0.1) is 20.8 Å². The topological polar surface area (TPSA) is 104 Å². The number of carbonyl (C=O) groups is 2. The highest BCUT2D eigenvalue weighted by Crippen LogP contribution is 2.51. The Balaban J connectivity index is 1.38. The monoisotopic (exact) mass is 632 g/mol. The summed E-state index contributed by atoms with van der Waals surface area (Å²) in [6.07, 6.45) is 1.35. The Morgan fingerprint density at radius 3 is 2.39 bits per heavy atom. The van der Waals surface area contributed by atoms with Gasteiger partial charge in [0.1, 0.15) is 0 Å². The van der Waals surface area contributed by atoms with Gasteiger partial charge >= 0.3 is 0 Å². The number of nitrogens with one attached hydrogen (secondary N) is 3. The van der Waals surface area contributed by atoms with E-state index in [-0.39, 0.29) is 55.6 Å². The predicted octanol–water partition coefficient (Wildman–Crippen LogP) is 6.30. The Morgan fingerprint density at radius 1 is 1.00 bits per heavy atom. The zero-order chi connectivity index (χ0) is 32.8. The first-order valence-corrected chi connectivity index (χ1v) is 16.2. The standard InChI is InChI=1S/C36H42F2N4O4/c1-5-42(26-8-14-46-15-9-26)31-19-25(17-27(23(31)4)32(43)39-20-28-21(2)16-22(3)40-33(28)44)24-6-7-29-30(18-24)41-34(45)35(29)10-12-36(37,38)13-11-35/h6-7,16-19,26H,5,8-15,20H2,1-4H3,(H,39,43)(H,40,44)(H,41,45). The van der Waals surface area contributed by atoms with Crippen LogP contribution in [0.4, 0.5) is 20.2 Å². The van der Waals surface area contributed by atoms with Crippen molar-refractivity contribution in [3.63, 3.8) is 0 Å². The lowest BCUT2D eigenvalue weighted by atomic mass is 9.69. The molecular formula is C36H42F2N4O4. The molecule has 2 amide bonds. The Kier molecular flexibility index (Phi) is 8.52. The van der Waals surface area contributed by atoms with E-state index in [1.165, 1.54) is 0 Å². The first-order chi connectivity index (χ1) is 21.9. The number of aromatic nitrogens is 1. The maximum absolute atomic E-state index is 14.0. The number of aryl methyl sites for hydroxylation is 2. The van der Waals surface area contributed by atoms with E-state index in [4.69, 9.17) is 4.74 Å². The van der Waals surface area contributed by atoms with Crippen LogP contribution < -0.4 is 21.1 Å². The average molecular weight is 633 g/mol. The fourth-order valence-corrected chi connectivity index (χ4v) is 7.53. The number of benzene rings is 2. The molecule has 1 aromatic heterocycles. The minimum absolute atomic E-state index is 0.0861. The molecule has 1 spiro atoms. The van der Waals surface area contributed by atoms with Gasteiger partial charge in [0.25, 0.3) is 11.5 Å². The molecule has 0 unspecified atom stereocenters. The van der Waals surface area contributed by atoms with E-state index in [9.17, 15) is 23.2 Å². The number of halogens is 2. The number of H-pyrrole nitrogens is 1. The van der Waals surface area contributed by atoms with Crippen LogP contribution in [0.5, 0.6) is 0 Å².